The number of nitrogens with zero attached hydrogens (tertiary/aromatic N) is 12. The number of quaternary nitrogens is 2. The van der Waals surface area contributed by atoms with Gasteiger partial charge in [-0.2, -0.15) is 16.8 Å². The fraction of sp³-hybridized carbons (Fsp3) is 0.480. The molecule has 0 bridgehead atoms. The monoisotopic (exact) mass is 1060 g/mol. The minimum Gasteiger partial charge on any atom is -0.335 e. The zero-order valence-electron chi connectivity index (χ0n) is 42.3. The quantitative estimate of drug-likeness (QED) is 0.0278. The Bertz CT molecular complexity index is 2980. The molecule has 0 atom stereocenters. The van der Waals surface area contributed by atoms with Gasteiger partial charge in [-0.25, -0.2) is 28.2 Å². The molecule has 2 aliphatic rings. The fourth-order valence-electron chi connectivity index (χ4n) is 9.69. The van der Waals surface area contributed by atoms with Crippen molar-refractivity contribution >= 4 is 89.6 Å². The number of unbranched alkanes of at least 4 members (excludes halogenated alkanes) is 3. The summed E-state index contributed by atoms with van der Waals surface area (Å²) in [6.07, 6.45) is 18.0. The number of rotatable bonds is 25. The Morgan fingerprint density at radius 2 is 0.931 bits per heavy atom. The van der Waals surface area contributed by atoms with Gasteiger partial charge in [-0.05, 0) is 49.9 Å². The fourth-order valence-corrected chi connectivity index (χ4v) is 13.1. The SMILES string of the molecule is C[n+]1cnc(/C=C2\Sc3ccccc3N2CCCCS(=O)(=O)O)c2ncn(CCC[N+](C)(C)CCCC[N+](C)(C)CCCn3cnc4c(/C=C5/Sc6ccccc6N5CCCCS(=O)(=O)O)nc[n+](C)c43)c21. The number of thioether (sulfide) groups is 2. The lowest BCUT2D eigenvalue weighted by Crippen LogP contribution is -2.44. The van der Waals surface area contributed by atoms with Crippen LogP contribution in [-0.2, 0) is 47.4 Å². The van der Waals surface area contributed by atoms with E-state index in [-0.39, 0.29) is 11.5 Å². The maximum Gasteiger partial charge on any atom is 0.264 e. The van der Waals surface area contributed by atoms with E-state index in [0.717, 1.165) is 139 Å². The van der Waals surface area contributed by atoms with E-state index in [1.807, 2.05) is 72.8 Å². The molecule has 0 aliphatic carbocycles. The van der Waals surface area contributed by atoms with E-state index < -0.39 is 20.2 Å². The summed E-state index contributed by atoms with van der Waals surface area (Å²) in [5, 5.41) is 2.02. The summed E-state index contributed by atoms with van der Waals surface area (Å²) in [6, 6.07) is 16.4. The van der Waals surface area contributed by atoms with Gasteiger partial charge in [-0.15, -0.1) is 9.97 Å². The molecule has 0 unspecified atom stereocenters. The highest BCUT2D eigenvalue weighted by Crippen LogP contribution is 2.48. The van der Waals surface area contributed by atoms with Crippen molar-refractivity contribution in [2.45, 2.75) is 74.2 Å². The van der Waals surface area contributed by atoms with Crippen molar-refractivity contribution in [1.82, 2.24) is 29.1 Å². The van der Waals surface area contributed by atoms with E-state index in [1.54, 1.807) is 23.5 Å². The van der Waals surface area contributed by atoms with Crippen LogP contribution in [-0.4, -0.2) is 143 Å². The molecule has 0 saturated carbocycles. The number of benzene rings is 2. The highest BCUT2D eigenvalue weighted by Gasteiger charge is 2.29. The Hall–Kier alpha value is -4.94. The van der Waals surface area contributed by atoms with Crippen molar-refractivity contribution in [3.05, 3.63) is 95.3 Å². The average molecular weight is 1060 g/mol. The molecule has 2 N–H and O–H groups in total. The van der Waals surface area contributed by atoms with E-state index in [9.17, 15) is 25.9 Å². The molecule has 6 aromatic rings. The molecule has 0 saturated heterocycles. The predicted molar refractivity (Wildman–Crippen MR) is 286 cm³/mol. The zero-order valence-corrected chi connectivity index (χ0v) is 45.6. The summed E-state index contributed by atoms with van der Waals surface area (Å²) in [7, 11) is 5.34. The third kappa shape index (κ3) is 13.6. The minimum atomic E-state index is -4.00. The van der Waals surface area contributed by atoms with E-state index in [4.69, 9.17) is 19.9 Å². The van der Waals surface area contributed by atoms with Crippen LogP contribution >= 0.6 is 23.5 Å². The van der Waals surface area contributed by atoms with Gasteiger partial charge in [-0.3, -0.25) is 9.11 Å². The molecule has 18 nitrogen and oxygen atoms in total. The van der Waals surface area contributed by atoms with Crippen LogP contribution in [0.2, 0.25) is 0 Å². The van der Waals surface area contributed by atoms with Gasteiger partial charge in [0.2, 0.25) is 12.7 Å². The number of hydrogen-bond acceptors (Lipinski definition) is 12. The second kappa shape index (κ2) is 22.7. The van der Waals surface area contributed by atoms with Gasteiger partial charge in [0.1, 0.15) is 0 Å². The van der Waals surface area contributed by atoms with Crippen LogP contribution in [0.5, 0.6) is 0 Å². The topological polar surface area (TPSA) is 184 Å². The molecule has 8 rings (SSSR count). The maximum absolute atomic E-state index is 11.3. The second-order valence-corrected chi connectivity index (χ2v) is 25.5. The molecular weight excluding hydrogens is 993 g/mol. The minimum absolute atomic E-state index is 0.249. The molecule has 0 amide bonds. The Morgan fingerprint density at radius 3 is 1.33 bits per heavy atom. The maximum atomic E-state index is 11.3. The number of para-hydroxylation sites is 2. The normalized spacial score (nSPS) is 15.5. The Kier molecular flexibility index (Phi) is 16.8. The molecule has 386 valence electrons. The Labute approximate surface area is 432 Å². The van der Waals surface area contributed by atoms with Gasteiger partial charge in [0, 0.05) is 60.7 Å². The van der Waals surface area contributed by atoms with E-state index in [1.165, 1.54) is 0 Å². The van der Waals surface area contributed by atoms with E-state index in [0.29, 0.717) is 38.8 Å². The lowest BCUT2D eigenvalue weighted by atomic mass is 10.2. The van der Waals surface area contributed by atoms with Crippen molar-refractivity contribution < 1.29 is 44.0 Å². The first-order valence-corrected chi connectivity index (χ1v) is 29.5. The summed E-state index contributed by atoms with van der Waals surface area (Å²) in [5.41, 5.74) is 7.43. The Balaban J connectivity index is 0.811. The summed E-state index contributed by atoms with van der Waals surface area (Å²) in [6.45, 7) is 7.21. The van der Waals surface area contributed by atoms with Gasteiger partial charge < -0.3 is 18.8 Å². The molecule has 4 aromatic heterocycles. The number of anilines is 2. The van der Waals surface area contributed by atoms with E-state index >= 15 is 0 Å². The van der Waals surface area contributed by atoms with Crippen molar-refractivity contribution in [1.29, 1.82) is 0 Å². The van der Waals surface area contributed by atoms with Gasteiger partial charge in [-0.1, -0.05) is 47.8 Å². The first kappa shape index (κ1) is 53.4. The summed E-state index contributed by atoms with van der Waals surface area (Å²) in [5.74, 6) is -0.498. The number of aromatic nitrogens is 8. The molecule has 2 aromatic carbocycles. The van der Waals surface area contributed by atoms with Crippen LogP contribution in [0, 0.1) is 0 Å². The number of hydrogen-bond donors (Lipinski definition) is 2. The van der Waals surface area contributed by atoms with Crippen LogP contribution in [0.15, 0.2) is 93.7 Å². The predicted octanol–water partition coefficient (Wildman–Crippen LogP) is 6.40. The number of fused-ring (bicyclic) bond motifs is 4. The molecule has 2 aliphatic heterocycles. The van der Waals surface area contributed by atoms with E-state index in [2.05, 4.69) is 83.5 Å². The molecular formula is C50H70N12O6S4+4. The van der Waals surface area contributed by atoms with Crippen molar-refractivity contribution in [3.8, 4) is 0 Å². The third-order valence-electron chi connectivity index (χ3n) is 13.5. The third-order valence-corrected chi connectivity index (χ3v) is 17.3. The molecule has 0 fully saturated rings. The van der Waals surface area contributed by atoms with Crippen LogP contribution < -0.4 is 18.9 Å². The van der Waals surface area contributed by atoms with Gasteiger partial charge in [0.15, 0.2) is 35.1 Å². The van der Waals surface area contributed by atoms with Crippen LogP contribution in [0.4, 0.5) is 11.4 Å². The molecule has 6 heterocycles. The average Bonchev–Trinajstić information content (AvgIpc) is 4.11. The zero-order chi connectivity index (χ0) is 51.3. The summed E-state index contributed by atoms with van der Waals surface area (Å²) < 4.78 is 74.3. The largest absolute Gasteiger partial charge is 0.335 e. The van der Waals surface area contributed by atoms with Gasteiger partial charge in [0.25, 0.3) is 31.5 Å². The number of aryl methyl sites for hydroxylation is 4. The lowest BCUT2D eigenvalue weighted by Gasteiger charge is -2.32. The van der Waals surface area contributed by atoms with Crippen molar-refractivity contribution in [2.24, 2.45) is 14.1 Å². The summed E-state index contributed by atoms with van der Waals surface area (Å²) in [4.78, 5) is 26.0. The first-order chi connectivity index (χ1) is 34.2. The Morgan fingerprint density at radius 1 is 0.542 bits per heavy atom. The van der Waals surface area contributed by atoms with Crippen LogP contribution in [0.1, 0.15) is 62.8 Å². The molecule has 0 radical (unpaired) electrons. The van der Waals surface area contributed by atoms with Crippen molar-refractivity contribution in [3.63, 3.8) is 0 Å². The van der Waals surface area contributed by atoms with Gasteiger partial charge >= 0.3 is 0 Å². The van der Waals surface area contributed by atoms with Crippen molar-refractivity contribution in [2.75, 3.05) is 88.8 Å². The second-order valence-electron chi connectivity index (χ2n) is 20.3. The highest BCUT2D eigenvalue weighted by atomic mass is 32.2. The number of imidazole rings is 2. The molecule has 72 heavy (non-hydrogen) atoms. The standard InChI is InChI=1S/C50H68N12O6S4/c1-55-35-51-39(33-45-59(25-11-15-31-71(63,64)65)41-19-7-9-21-43(41)69-45)47-49(55)57(37-53-47)23-17-29-61(3,4)27-13-14-28-62(5,6)30-18-24-58-38-54-48-40(52-36-56(2)50(48)58)34-46-60(26-12-16-32-72(66,67)68)42-20-8-10-22-44(42)70-46/h7-10,19-22,33-38H,11-18,23-32H2,1-6H3/q+2/p+2. The van der Waals surface area contributed by atoms with Crippen LogP contribution in [0.25, 0.3) is 34.5 Å². The molecule has 22 heteroatoms. The summed E-state index contributed by atoms with van der Waals surface area (Å²) >= 11 is 3.34. The van der Waals surface area contributed by atoms with Gasteiger partial charge in [0.05, 0.1) is 114 Å². The lowest BCUT2D eigenvalue weighted by molar-refractivity contribution is -0.897. The molecule has 0 spiro atoms. The first-order valence-electron chi connectivity index (χ1n) is 24.7. The smallest absolute Gasteiger partial charge is 0.264 e. The highest BCUT2D eigenvalue weighted by molar-refractivity contribution is 8.04. The van der Waals surface area contributed by atoms with Crippen LogP contribution in [0.3, 0.4) is 0 Å².